The molecule has 1 amide bonds. The number of hydrogen-bond donors (Lipinski definition) is 0. The zero-order chi connectivity index (χ0) is 19.3. The summed E-state index contributed by atoms with van der Waals surface area (Å²) in [7, 11) is 0. The van der Waals surface area contributed by atoms with Crippen LogP contribution in [0.3, 0.4) is 0 Å². The van der Waals surface area contributed by atoms with Crippen molar-refractivity contribution in [2.75, 3.05) is 31.9 Å². The molecule has 144 valence electrons. The van der Waals surface area contributed by atoms with E-state index < -0.39 is 0 Å². The van der Waals surface area contributed by atoms with Crippen LogP contribution in [0.15, 0.2) is 65.7 Å². The van der Waals surface area contributed by atoms with E-state index in [2.05, 4.69) is 53.2 Å². The number of rotatable bonds is 5. The smallest absolute Gasteiger partial charge is 0.233 e. The van der Waals surface area contributed by atoms with Gasteiger partial charge in [0.25, 0.3) is 0 Å². The van der Waals surface area contributed by atoms with E-state index in [0.29, 0.717) is 5.75 Å². The number of thioether (sulfide) groups is 1. The van der Waals surface area contributed by atoms with Gasteiger partial charge >= 0.3 is 0 Å². The van der Waals surface area contributed by atoms with E-state index in [1.165, 1.54) is 21.4 Å². The molecule has 4 rings (SSSR count). The number of benzene rings is 2. The van der Waals surface area contributed by atoms with Gasteiger partial charge in [0.2, 0.25) is 5.91 Å². The van der Waals surface area contributed by atoms with Gasteiger partial charge in [-0.25, -0.2) is 0 Å². The van der Waals surface area contributed by atoms with Crippen LogP contribution >= 0.6 is 11.8 Å². The Morgan fingerprint density at radius 2 is 1.79 bits per heavy atom. The van der Waals surface area contributed by atoms with E-state index in [0.717, 1.165) is 38.2 Å². The zero-order valence-electron chi connectivity index (χ0n) is 16.2. The van der Waals surface area contributed by atoms with Crippen LogP contribution in [0.4, 0.5) is 0 Å². The highest BCUT2D eigenvalue weighted by atomic mass is 32.2. The highest BCUT2D eigenvalue weighted by molar-refractivity contribution is 8.00. The first-order valence-electron chi connectivity index (χ1n) is 9.72. The molecular formula is C23H25N3OS. The van der Waals surface area contributed by atoms with Gasteiger partial charge in [0.1, 0.15) is 0 Å². The van der Waals surface area contributed by atoms with Crippen molar-refractivity contribution in [3.63, 3.8) is 0 Å². The molecule has 0 N–H and O–H groups in total. The van der Waals surface area contributed by atoms with Crippen molar-refractivity contribution < 1.29 is 4.79 Å². The lowest BCUT2D eigenvalue weighted by Crippen LogP contribution is -2.48. The maximum Gasteiger partial charge on any atom is 0.233 e. The molecule has 0 bridgehead atoms. The van der Waals surface area contributed by atoms with Crippen molar-refractivity contribution in [1.82, 2.24) is 14.8 Å². The normalized spacial score (nSPS) is 15.1. The number of piperazine rings is 1. The average molecular weight is 392 g/mol. The van der Waals surface area contributed by atoms with Crippen molar-refractivity contribution in [2.24, 2.45) is 0 Å². The molecule has 1 fully saturated rings. The predicted octanol–water partition coefficient (Wildman–Crippen LogP) is 3.98. The Bertz CT molecular complexity index is 961. The molecule has 1 aliphatic rings. The fourth-order valence-corrected chi connectivity index (χ4v) is 4.57. The van der Waals surface area contributed by atoms with Crippen LogP contribution in [0.1, 0.15) is 11.1 Å². The molecule has 0 spiro atoms. The third kappa shape index (κ3) is 4.37. The Morgan fingerprint density at radius 3 is 2.61 bits per heavy atom. The molecule has 5 heteroatoms. The lowest BCUT2D eigenvalue weighted by molar-refractivity contribution is -0.130. The summed E-state index contributed by atoms with van der Waals surface area (Å²) in [4.78, 5) is 22.8. The van der Waals surface area contributed by atoms with Crippen molar-refractivity contribution >= 4 is 28.6 Å². The Kier molecular flexibility index (Phi) is 5.93. The molecule has 1 aliphatic heterocycles. The summed E-state index contributed by atoms with van der Waals surface area (Å²) in [6.45, 7) is 6.38. The summed E-state index contributed by atoms with van der Waals surface area (Å²) in [6.07, 6.45) is 1.86. The van der Waals surface area contributed by atoms with Crippen LogP contribution in [0, 0.1) is 6.92 Å². The second-order valence-corrected chi connectivity index (χ2v) is 8.22. The topological polar surface area (TPSA) is 36.4 Å². The van der Waals surface area contributed by atoms with E-state index in [4.69, 9.17) is 0 Å². The SMILES string of the molecule is Cc1ccccc1SCC(=O)N1CCN(Cc2cccc3cccnc23)CC1. The molecule has 2 aromatic carbocycles. The zero-order valence-corrected chi connectivity index (χ0v) is 17.0. The number of nitrogens with zero attached hydrogens (tertiary/aromatic N) is 3. The maximum absolute atomic E-state index is 12.6. The minimum absolute atomic E-state index is 0.236. The van der Waals surface area contributed by atoms with Crippen molar-refractivity contribution in [3.8, 4) is 0 Å². The number of para-hydroxylation sites is 1. The summed E-state index contributed by atoms with van der Waals surface area (Å²) < 4.78 is 0. The van der Waals surface area contributed by atoms with Crippen molar-refractivity contribution in [1.29, 1.82) is 0 Å². The summed E-state index contributed by atoms with van der Waals surface area (Å²) in [6, 6.07) is 18.7. The molecule has 3 aromatic rings. The molecule has 0 unspecified atom stereocenters. The van der Waals surface area contributed by atoms with Gasteiger partial charge in [0.15, 0.2) is 0 Å². The van der Waals surface area contributed by atoms with Gasteiger partial charge in [-0.1, -0.05) is 42.5 Å². The molecule has 0 atom stereocenters. The Morgan fingerprint density at radius 1 is 1.00 bits per heavy atom. The maximum atomic E-state index is 12.6. The van der Waals surface area contributed by atoms with Crippen LogP contribution in [0.2, 0.25) is 0 Å². The Balaban J connectivity index is 1.30. The van der Waals surface area contributed by atoms with Crippen molar-refractivity contribution in [2.45, 2.75) is 18.4 Å². The highest BCUT2D eigenvalue weighted by Gasteiger charge is 2.21. The number of carbonyl (C=O) groups is 1. The Hall–Kier alpha value is -2.37. The van der Waals surface area contributed by atoms with E-state index in [9.17, 15) is 4.79 Å². The molecule has 1 aromatic heterocycles. The van der Waals surface area contributed by atoms with Gasteiger partial charge in [-0.15, -0.1) is 11.8 Å². The largest absolute Gasteiger partial charge is 0.339 e. The molecule has 0 saturated carbocycles. The number of carbonyl (C=O) groups excluding carboxylic acids is 1. The van der Waals surface area contributed by atoms with Crippen LogP contribution in [0.5, 0.6) is 0 Å². The number of aryl methyl sites for hydroxylation is 1. The lowest BCUT2D eigenvalue weighted by Gasteiger charge is -2.34. The molecule has 1 saturated heterocycles. The fraction of sp³-hybridized carbons (Fsp3) is 0.304. The third-order valence-corrected chi connectivity index (χ3v) is 6.44. The van der Waals surface area contributed by atoms with E-state index >= 15 is 0 Å². The van der Waals surface area contributed by atoms with Crippen LogP contribution < -0.4 is 0 Å². The minimum atomic E-state index is 0.236. The van der Waals surface area contributed by atoms with Gasteiger partial charge in [0, 0.05) is 49.2 Å². The number of fused-ring (bicyclic) bond motifs is 1. The number of aromatic nitrogens is 1. The molecule has 28 heavy (non-hydrogen) atoms. The average Bonchev–Trinajstić information content (AvgIpc) is 2.74. The van der Waals surface area contributed by atoms with Gasteiger partial charge in [-0.3, -0.25) is 14.7 Å². The summed E-state index contributed by atoms with van der Waals surface area (Å²) in [5.74, 6) is 0.748. The third-order valence-electron chi connectivity index (χ3n) is 5.28. The first kappa shape index (κ1) is 19.0. The summed E-state index contributed by atoms with van der Waals surface area (Å²) in [5.41, 5.74) is 3.57. The van der Waals surface area contributed by atoms with E-state index in [1.807, 2.05) is 29.3 Å². The Labute approximate surface area is 170 Å². The van der Waals surface area contributed by atoms with Gasteiger partial charge < -0.3 is 4.90 Å². The van der Waals surface area contributed by atoms with Crippen LogP contribution in [-0.2, 0) is 11.3 Å². The van der Waals surface area contributed by atoms with Gasteiger partial charge in [-0.2, -0.15) is 0 Å². The number of pyridine rings is 1. The predicted molar refractivity (Wildman–Crippen MR) is 116 cm³/mol. The van der Waals surface area contributed by atoms with Crippen molar-refractivity contribution in [3.05, 3.63) is 71.9 Å². The first-order valence-corrected chi connectivity index (χ1v) is 10.7. The highest BCUT2D eigenvalue weighted by Crippen LogP contribution is 2.23. The van der Waals surface area contributed by atoms with Crippen LogP contribution in [-0.4, -0.2) is 52.6 Å². The first-order chi connectivity index (χ1) is 13.7. The molecule has 0 aliphatic carbocycles. The minimum Gasteiger partial charge on any atom is -0.339 e. The number of amides is 1. The molecule has 4 nitrogen and oxygen atoms in total. The van der Waals surface area contributed by atoms with Crippen LogP contribution in [0.25, 0.3) is 10.9 Å². The quantitative estimate of drug-likeness (QED) is 0.617. The number of hydrogen-bond acceptors (Lipinski definition) is 4. The monoisotopic (exact) mass is 391 g/mol. The standard InChI is InChI=1S/C23H25N3OS/c1-18-6-2-3-10-21(18)28-17-22(27)26-14-12-25(13-15-26)16-20-8-4-7-19-9-5-11-24-23(19)20/h2-11H,12-17H2,1H3. The lowest BCUT2D eigenvalue weighted by atomic mass is 10.1. The van der Waals surface area contributed by atoms with E-state index in [1.54, 1.807) is 11.8 Å². The molecular weight excluding hydrogens is 366 g/mol. The fourth-order valence-electron chi connectivity index (χ4n) is 3.64. The molecule has 2 heterocycles. The van der Waals surface area contributed by atoms with E-state index in [-0.39, 0.29) is 5.91 Å². The van der Waals surface area contributed by atoms with Gasteiger partial charge in [0.05, 0.1) is 11.3 Å². The van der Waals surface area contributed by atoms with Gasteiger partial charge in [-0.05, 0) is 30.2 Å². The molecule has 0 radical (unpaired) electrons. The summed E-state index contributed by atoms with van der Waals surface area (Å²) >= 11 is 1.64. The second kappa shape index (κ2) is 8.76. The second-order valence-electron chi connectivity index (χ2n) is 7.20. The summed E-state index contributed by atoms with van der Waals surface area (Å²) in [5, 5.41) is 1.18.